The molecule has 1 aromatic carbocycles. The highest BCUT2D eigenvalue weighted by molar-refractivity contribution is 5.92. The molecular weight excluding hydrogens is 342 g/mol. The van der Waals surface area contributed by atoms with E-state index in [1.54, 1.807) is 26.4 Å². The van der Waals surface area contributed by atoms with E-state index in [2.05, 4.69) is 43.2 Å². The highest BCUT2D eigenvalue weighted by Crippen LogP contribution is 2.29. The summed E-state index contributed by atoms with van der Waals surface area (Å²) >= 11 is 0. The van der Waals surface area contributed by atoms with Crippen molar-refractivity contribution >= 4 is 11.6 Å². The monoisotopic (exact) mass is 377 g/mol. The number of benzene rings is 1. The van der Waals surface area contributed by atoms with E-state index in [9.17, 15) is 4.79 Å². The third-order valence-electron chi connectivity index (χ3n) is 5.14. The van der Waals surface area contributed by atoms with E-state index in [1.807, 2.05) is 6.07 Å². The minimum atomic E-state index is -0.0336. The predicted molar refractivity (Wildman–Crippen MR) is 110 cm³/mol. The largest absolute Gasteiger partial charge is 0.497 e. The zero-order valence-electron chi connectivity index (χ0n) is 17.6. The highest BCUT2D eigenvalue weighted by Gasteiger charge is 2.27. The van der Waals surface area contributed by atoms with E-state index in [0.717, 1.165) is 25.9 Å². The van der Waals surface area contributed by atoms with Crippen LogP contribution in [0.4, 0.5) is 5.69 Å². The van der Waals surface area contributed by atoms with Crippen molar-refractivity contribution in [2.45, 2.75) is 64.6 Å². The molecule has 0 spiro atoms. The van der Waals surface area contributed by atoms with Crippen molar-refractivity contribution in [1.82, 2.24) is 10.2 Å². The third kappa shape index (κ3) is 6.40. The van der Waals surface area contributed by atoms with Crippen LogP contribution in [0.2, 0.25) is 0 Å². The zero-order chi connectivity index (χ0) is 20.0. The average molecular weight is 378 g/mol. The van der Waals surface area contributed by atoms with Crippen LogP contribution >= 0.6 is 0 Å². The molecule has 1 heterocycles. The van der Waals surface area contributed by atoms with E-state index in [1.165, 1.54) is 0 Å². The Morgan fingerprint density at radius 3 is 2.44 bits per heavy atom. The van der Waals surface area contributed by atoms with Crippen LogP contribution < -0.4 is 20.1 Å². The molecule has 0 saturated carbocycles. The zero-order valence-corrected chi connectivity index (χ0v) is 17.6. The Hall–Kier alpha value is -1.79. The third-order valence-corrected chi connectivity index (χ3v) is 5.14. The number of hydrogen-bond donors (Lipinski definition) is 2. The molecule has 2 rings (SSSR count). The van der Waals surface area contributed by atoms with Gasteiger partial charge in [0.2, 0.25) is 5.91 Å². The van der Waals surface area contributed by atoms with Gasteiger partial charge in [-0.25, -0.2) is 0 Å². The van der Waals surface area contributed by atoms with Crippen molar-refractivity contribution in [3.05, 3.63) is 18.2 Å². The summed E-state index contributed by atoms with van der Waals surface area (Å²) in [5, 5.41) is 6.55. The fraction of sp³-hybridized carbons (Fsp3) is 0.667. The van der Waals surface area contributed by atoms with Gasteiger partial charge in [-0.15, -0.1) is 0 Å². The maximum absolute atomic E-state index is 12.5. The lowest BCUT2D eigenvalue weighted by atomic mass is 9.97. The Bertz CT molecular complexity index is 620. The number of nitrogens with zero attached hydrogens (tertiary/aromatic N) is 1. The van der Waals surface area contributed by atoms with Crippen molar-refractivity contribution in [2.75, 3.05) is 32.6 Å². The van der Waals surface area contributed by atoms with E-state index < -0.39 is 0 Å². The number of methoxy groups -OCH3 is 2. The molecule has 2 N–H and O–H groups in total. The summed E-state index contributed by atoms with van der Waals surface area (Å²) in [6.45, 7) is 11.1. The predicted octanol–water partition coefficient (Wildman–Crippen LogP) is 3.27. The smallest absolute Gasteiger partial charge is 0.226 e. The van der Waals surface area contributed by atoms with Gasteiger partial charge in [-0.05, 0) is 52.7 Å². The Morgan fingerprint density at radius 1 is 1.22 bits per heavy atom. The van der Waals surface area contributed by atoms with Crippen LogP contribution in [0.1, 0.15) is 47.0 Å². The molecule has 0 radical (unpaired) electrons. The van der Waals surface area contributed by atoms with E-state index in [0.29, 0.717) is 29.6 Å². The quantitative estimate of drug-likeness (QED) is 0.764. The summed E-state index contributed by atoms with van der Waals surface area (Å²) in [5.41, 5.74) is 0.860. The Kier molecular flexibility index (Phi) is 7.50. The van der Waals surface area contributed by atoms with Crippen molar-refractivity contribution < 1.29 is 14.3 Å². The van der Waals surface area contributed by atoms with Crippen LogP contribution in [-0.2, 0) is 4.79 Å². The number of likely N-dealkylation sites (tertiary alicyclic amines) is 1. The molecule has 1 aliphatic heterocycles. The Morgan fingerprint density at radius 2 is 1.89 bits per heavy atom. The van der Waals surface area contributed by atoms with Gasteiger partial charge in [-0.2, -0.15) is 0 Å². The summed E-state index contributed by atoms with van der Waals surface area (Å²) in [6, 6.07) is 5.96. The van der Waals surface area contributed by atoms with Crippen molar-refractivity contribution in [3.63, 3.8) is 0 Å². The fourth-order valence-corrected chi connectivity index (χ4v) is 3.57. The molecule has 152 valence electrons. The molecule has 1 aliphatic rings. The van der Waals surface area contributed by atoms with Gasteiger partial charge in [-0.1, -0.05) is 0 Å². The molecule has 0 aromatic heterocycles. The number of nitrogens with one attached hydrogen (secondary N) is 2. The highest BCUT2D eigenvalue weighted by atomic mass is 16.5. The second kappa shape index (κ2) is 9.42. The van der Waals surface area contributed by atoms with E-state index >= 15 is 0 Å². The molecule has 1 unspecified atom stereocenters. The first-order valence-electron chi connectivity index (χ1n) is 9.76. The Labute approximate surface area is 163 Å². The van der Waals surface area contributed by atoms with Crippen LogP contribution in [-0.4, -0.2) is 55.7 Å². The minimum Gasteiger partial charge on any atom is -0.497 e. The molecular formula is C21H35N3O3. The second-order valence-corrected chi connectivity index (χ2v) is 8.32. The van der Waals surface area contributed by atoms with Crippen LogP contribution in [0, 0.1) is 0 Å². The molecule has 0 aliphatic carbocycles. The number of carbonyl (C=O) groups excluding carboxylic acids is 1. The minimum absolute atomic E-state index is 0.0336. The summed E-state index contributed by atoms with van der Waals surface area (Å²) in [5.74, 6) is 1.27. The van der Waals surface area contributed by atoms with Gasteiger partial charge >= 0.3 is 0 Å². The second-order valence-electron chi connectivity index (χ2n) is 8.32. The van der Waals surface area contributed by atoms with Crippen LogP contribution in [0.5, 0.6) is 11.5 Å². The van der Waals surface area contributed by atoms with E-state index in [-0.39, 0.29) is 17.5 Å². The number of piperidine rings is 1. The SMILES string of the molecule is COc1ccc(OC)c(NC(=O)CC(C)NC2CCN(C(C)(C)C)CC2)c1. The van der Waals surface area contributed by atoms with Gasteiger partial charge in [0.05, 0.1) is 19.9 Å². The Balaban J connectivity index is 1.83. The molecule has 1 amide bonds. The number of anilines is 1. The summed E-state index contributed by atoms with van der Waals surface area (Å²) in [6.07, 6.45) is 2.65. The lowest BCUT2D eigenvalue weighted by molar-refractivity contribution is -0.116. The lowest BCUT2D eigenvalue weighted by Gasteiger charge is -2.41. The van der Waals surface area contributed by atoms with Gasteiger partial charge in [0.15, 0.2) is 0 Å². The number of rotatable bonds is 7. The number of amides is 1. The molecule has 1 atom stereocenters. The number of ether oxygens (including phenoxy) is 2. The van der Waals surface area contributed by atoms with Crippen molar-refractivity contribution in [3.8, 4) is 11.5 Å². The van der Waals surface area contributed by atoms with Gasteiger partial charge in [0.1, 0.15) is 11.5 Å². The van der Waals surface area contributed by atoms with Crippen LogP contribution in [0.3, 0.4) is 0 Å². The lowest BCUT2D eigenvalue weighted by Crippen LogP contribution is -2.51. The van der Waals surface area contributed by atoms with E-state index in [4.69, 9.17) is 9.47 Å². The molecule has 6 nitrogen and oxygen atoms in total. The first kappa shape index (κ1) is 21.5. The van der Waals surface area contributed by atoms with Gasteiger partial charge in [0, 0.05) is 43.2 Å². The standard InChI is InChI=1S/C21H35N3O3/c1-15(22-16-9-11-24(12-10-16)21(2,3)4)13-20(25)23-18-14-17(26-5)7-8-19(18)27-6/h7-8,14-16,22H,9-13H2,1-6H3,(H,23,25). The molecule has 1 fully saturated rings. The first-order valence-corrected chi connectivity index (χ1v) is 9.76. The maximum Gasteiger partial charge on any atom is 0.226 e. The molecule has 0 bridgehead atoms. The number of hydrogen-bond acceptors (Lipinski definition) is 5. The normalized spacial score (nSPS) is 17.4. The summed E-state index contributed by atoms with van der Waals surface area (Å²) < 4.78 is 10.5. The molecule has 1 saturated heterocycles. The fourth-order valence-electron chi connectivity index (χ4n) is 3.57. The summed E-state index contributed by atoms with van der Waals surface area (Å²) in [4.78, 5) is 15.0. The molecule has 6 heteroatoms. The topological polar surface area (TPSA) is 62.8 Å². The van der Waals surface area contributed by atoms with Crippen molar-refractivity contribution in [1.29, 1.82) is 0 Å². The van der Waals surface area contributed by atoms with Crippen LogP contribution in [0.15, 0.2) is 18.2 Å². The first-order chi connectivity index (χ1) is 12.7. The number of carbonyl (C=O) groups is 1. The van der Waals surface area contributed by atoms with Gasteiger partial charge in [-0.3, -0.25) is 9.69 Å². The van der Waals surface area contributed by atoms with Gasteiger partial charge < -0.3 is 20.1 Å². The molecule has 27 heavy (non-hydrogen) atoms. The van der Waals surface area contributed by atoms with Gasteiger partial charge in [0.25, 0.3) is 0 Å². The maximum atomic E-state index is 12.5. The molecule has 1 aromatic rings. The van der Waals surface area contributed by atoms with Crippen molar-refractivity contribution in [2.24, 2.45) is 0 Å². The van der Waals surface area contributed by atoms with Crippen LogP contribution in [0.25, 0.3) is 0 Å². The summed E-state index contributed by atoms with van der Waals surface area (Å²) in [7, 11) is 3.19. The average Bonchev–Trinajstić information content (AvgIpc) is 2.61.